The van der Waals surface area contributed by atoms with Crippen LogP contribution in [0.15, 0.2) is 48.5 Å². The molecule has 0 heterocycles. The molecule has 0 spiro atoms. The highest BCUT2D eigenvalue weighted by Crippen LogP contribution is 2.22. The lowest BCUT2D eigenvalue weighted by molar-refractivity contribution is 0.284. The average Bonchev–Trinajstić information content (AvgIpc) is 2.41. The molecule has 0 saturated heterocycles. The molecule has 0 aliphatic heterocycles. The number of phenolic OH excluding ortho intramolecular Hbond substituents is 1. The molecule has 0 aromatic heterocycles. The number of rotatable bonds is 5. The summed E-state index contributed by atoms with van der Waals surface area (Å²) >= 11 is 0. The van der Waals surface area contributed by atoms with E-state index in [4.69, 9.17) is 5.11 Å². The Bertz CT molecular complexity index is 471. The fourth-order valence-electron chi connectivity index (χ4n) is 1.96. The van der Waals surface area contributed by atoms with Crippen LogP contribution in [0.1, 0.15) is 18.4 Å². The van der Waals surface area contributed by atoms with Gasteiger partial charge in [0.2, 0.25) is 0 Å². The number of aryl methyl sites for hydroxylation is 1. The number of aliphatic hydroxyl groups is 1. The Morgan fingerprint density at radius 3 is 1.83 bits per heavy atom. The number of hydrogen-bond acceptors (Lipinski definition) is 2. The Labute approximate surface area is 108 Å². The summed E-state index contributed by atoms with van der Waals surface area (Å²) in [6, 6.07) is 15.7. The van der Waals surface area contributed by atoms with Crippen LogP contribution in [0.3, 0.4) is 0 Å². The van der Waals surface area contributed by atoms with Crippen LogP contribution in [0.4, 0.5) is 0 Å². The van der Waals surface area contributed by atoms with Crippen molar-refractivity contribution in [2.24, 2.45) is 0 Å². The first-order valence-electron chi connectivity index (χ1n) is 6.29. The highest BCUT2D eigenvalue weighted by Gasteiger charge is 1.98. The molecule has 0 fully saturated rings. The van der Waals surface area contributed by atoms with Crippen molar-refractivity contribution < 1.29 is 10.2 Å². The first-order valence-corrected chi connectivity index (χ1v) is 6.29. The summed E-state index contributed by atoms with van der Waals surface area (Å²) in [5.74, 6) is 0.291. The van der Waals surface area contributed by atoms with E-state index in [2.05, 4.69) is 24.3 Å². The van der Waals surface area contributed by atoms with E-state index in [9.17, 15) is 5.11 Å². The summed E-state index contributed by atoms with van der Waals surface area (Å²) in [6.45, 7) is 0.269. The maximum absolute atomic E-state index is 9.25. The van der Waals surface area contributed by atoms with E-state index in [0.29, 0.717) is 5.75 Å². The average molecular weight is 242 g/mol. The van der Waals surface area contributed by atoms with Crippen LogP contribution in [-0.4, -0.2) is 16.8 Å². The molecule has 0 amide bonds. The van der Waals surface area contributed by atoms with Crippen LogP contribution >= 0.6 is 0 Å². The van der Waals surface area contributed by atoms with Crippen LogP contribution in [-0.2, 0) is 6.42 Å². The number of aromatic hydroxyl groups is 1. The van der Waals surface area contributed by atoms with Crippen molar-refractivity contribution >= 4 is 0 Å². The lowest BCUT2D eigenvalue weighted by atomic mass is 10.0. The van der Waals surface area contributed by atoms with Crippen LogP contribution in [0.5, 0.6) is 5.75 Å². The molecule has 94 valence electrons. The Kier molecular flexibility index (Phi) is 4.37. The maximum atomic E-state index is 9.25. The highest BCUT2D eigenvalue weighted by molar-refractivity contribution is 5.64. The van der Waals surface area contributed by atoms with Gasteiger partial charge in [-0.2, -0.15) is 0 Å². The minimum Gasteiger partial charge on any atom is -0.508 e. The van der Waals surface area contributed by atoms with Crippen molar-refractivity contribution in [3.8, 4) is 16.9 Å². The molecule has 2 rings (SSSR count). The smallest absolute Gasteiger partial charge is 0.115 e. The van der Waals surface area contributed by atoms with Gasteiger partial charge in [0.05, 0.1) is 0 Å². The molecule has 2 nitrogen and oxygen atoms in total. The molecule has 0 aliphatic rings. The fourth-order valence-corrected chi connectivity index (χ4v) is 1.96. The quantitative estimate of drug-likeness (QED) is 0.789. The maximum Gasteiger partial charge on any atom is 0.115 e. The number of benzene rings is 2. The van der Waals surface area contributed by atoms with Gasteiger partial charge < -0.3 is 10.2 Å². The molecule has 0 radical (unpaired) electrons. The normalized spacial score (nSPS) is 10.5. The van der Waals surface area contributed by atoms with Crippen LogP contribution in [0.2, 0.25) is 0 Å². The van der Waals surface area contributed by atoms with Gasteiger partial charge in [0.25, 0.3) is 0 Å². The Morgan fingerprint density at radius 2 is 1.28 bits per heavy atom. The van der Waals surface area contributed by atoms with Gasteiger partial charge in [-0.15, -0.1) is 0 Å². The predicted molar refractivity (Wildman–Crippen MR) is 73.6 cm³/mol. The van der Waals surface area contributed by atoms with E-state index in [1.807, 2.05) is 12.1 Å². The molecule has 2 N–H and O–H groups in total. The molecule has 2 heteroatoms. The van der Waals surface area contributed by atoms with Gasteiger partial charge in [-0.25, -0.2) is 0 Å². The Morgan fingerprint density at radius 1 is 0.722 bits per heavy atom. The van der Waals surface area contributed by atoms with E-state index in [1.165, 1.54) is 5.56 Å². The van der Waals surface area contributed by atoms with Crippen molar-refractivity contribution in [3.63, 3.8) is 0 Å². The fraction of sp³-hybridized carbons (Fsp3) is 0.250. The first-order chi connectivity index (χ1) is 8.79. The van der Waals surface area contributed by atoms with Gasteiger partial charge in [-0.3, -0.25) is 0 Å². The van der Waals surface area contributed by atoms with Crippen molar-refractivity contribution in [1.29, 1.82) is 0 Å². The molecule has 18 heavy (non-hydrogen) atoms. The van der Waals surface area contributed by atoms with E-state index in [1.54, 1.807) is 12.1 Å². The van der Waals surface area contributed by atoms with Gasteiger partial charge in [0.15, 0.2) is 0 Å². The van der Waals surface area contributed by atoms with Crippen LogP contribution in [0, 0.1) is 0 Å². The number of unbranched alkanes of at least 4 members (excludes halogenated alkanes) is 1. The molecule has 0 unspecified atom stereocenters. The summed E-state index contributed by atoms with van der Waals surface area (Å²) < 4.78 is 0. The van der Waals surface area contributed by atoms with Gasteiger partial charge in [-0.05, 0) is 48.1 Å². The van der Waals surface area contributed by atoms with Crippen molar-refractivity contribution in [2.45, 2.75) is 19.3 Å². The van der Waals surface area contributed by atoms with Crippen molar-refractivity contribution in [3.05, 3.63) is 54.1 Å². The third-order valence-electron chi connectivity index (χ3n) is 3.03. The minimum absolute atomic E-state index is 0.269. The van der Waals surface area contributed by atoms with Gasteiger partial charge in [0, 0.05) is 6.61 Å². The molecular formula is C16H18O2. The molecule has 0 bridgehead atoms. The largest absolute Gasteiger partial charge is 0.508 e. The second-order valence-corrected chi connectivity index (χ2v) is 4.42. The summed E-state index contributed by atoms with van der Waals surface area (Å²) in [5.41, 5.74) is 3.56. The van der Waals surface area contributed by atoms with Gasteiger partial charge in [-0.1, -0.05) is 36.4 Å². The minimum atomic E-state index is 0.269. The second kappa shape index (κ2) is 6.22. The lowest BCUT2D eigenvalue weighted by Crippen LogP contribution is -1.88. The molecule has 0 atom stereocenters. The summed E-state index contributed by atoms with van der Waals surface area (Å²) in [4.78, 5) is 0. The second-order valence-electron chi connectivity index (χ2n) is 4.42. The third-order valence-corrected chi connectivity index (χ3v) is 3.03. The van der Waals surface area contributed by atoms with E-state index < -0.39 is 0 Å². The highest BCUT2D eigenvalue weighted by atomic mass is 16.3. The van der Waals surface area contributed by atoms with E-state index in [-0.39, 0.29) is 6.61 Å². The zero-order valence-corrected chi connectivity index (χ0v) is 10.3. The molecule has 2 aromatic rings. The summed E-state index contributed by atoms with van der Waals surface area (Å²) in [7, 11) is 0. The summed E-state index contributed by atoms with van der Waals surface area (Å²) in [6.07, 6.45) is 2.89. The topological polar surface area (TPSA) is 40.5 Å². The first kappa shape index (κ1) is 12.7. The standard InChI is InChI=1S/C16H18O2/c17-12-2-1-3-13-4-6-14(7-5-13)15-8-10-16(18)11-9-15/h4-11,17-18H,1-3,12H2. The Hall–Kier alpha value is -1.80. The lowest BCUT2D eigenvalue weighted by Gasteiger charge is -2.04. The monoisotopic (exact) mass is 242 g/mol. The number of phenols is 1. The molecular weight excluding hydrogens is 224 g/mol. The predicted octanol–water partition coefficient (Wildman–Crippen LogP) is 3.37. The van der Waals surface area contributed by atoms with Gasteiger partial charge in [0.1, 0.15) is 5.75 Å². The molecule has 0 aliphatic carbocycles. The van der Waals surface area contributed by atoms with Crippen LogP contribution in [0.25, 0.3) is 11.1 Å². The van der Waals surface area contributed by atoms with E-state index in [0.717, 1.165) is 30.4 Å². The van der Waals surface area contributed by atoms with Crippen LogP contribution < -0.4 is 0 Å². The third kappa shape index (κ3) is 3.34. The SMILES string of the molecule is OCCCCc1ccc(-c2ccc(O)cc2)cc1. The van der Waals surface area contributed by atoms with Crippen molar-refractivity contribution in [1.82, 2.24) is 0 Å². The van der Waals surface area contributed by atoms with Gasteiger partial charge >= 0.3 is 0 Å². The molecule has 0 saturated carbocycles. The van der Waals surface area contributed by atoms with Crippen molar-refractivity contribution in [2.75, 3.05) is 6.61 Å². The number of hydrogen-bond donors (Lipinski definition) is 2. The number of aliphatic hydroxyl groups excluding tert-OH is 1. The summed E-state index contributed by atoms with van der Waals surface area (Å²) in [5, 5.41) is 18.0. The zero-order valence-electron chi connectivity index (χ0n) is 10.3. The Balaban J connectivity index is 2.05. The molecule has 2 aromatic carbocycles. The zero-order chi connectivity index (χ0) is 12.8. The van der Waals surface area contributed by atoms with E-state index >= 15 is 0 Å².